The number of aromatic nitrogens is 2. The molecule has 0 aliphatic rings. The van der Waals surface area contributed by atoms with Gasteiger partial charge in [-0.2, -0.15) is 0 Å². The van der Waals surface area contributed by atoms with Crippen LogP contribution in [0.4, 0.5) is 0 Å². The van der Waals surface area contributed by atoms with Crippen molar-refractivity contribution in [3.8, 4) is 17.0 Å². The number of benzene rings is 1. The van der Waals surface area contributed by atoms with Crippen molar-refractivity contribution in [3.63, 3.8) is 0 Å². The third-order valence-electron chi connectivity index (χ3n) is 2.55. The minimum absolute atomic E-state index is 0.0569. The van der Waals surface area contributed by atoms with E-state index in [4.69, 9.17) is 9.84 Å². The highest BCUT2D eigenvalue weighted by molar-refractivity contribution is 5.95. The number of carboxylic acids is 1. The first-order valence-electron chi connectivity index (χ1n) is 5.32. The summed E-state index contributed by atoms with van der Waals surface area (Å²) in [6.45, 7) is 1.92. The Labute approximate surface area is 104 Å². The number of ether oxygens (including phenoxy) is 1. The van der Waals surface area contributed by atoms with Gasteiger partial charge in [0.25, 0.3) is 0 Å². The van der Waals surface area contributed by atoms with Gasteiger partial charge in [0.15, 0.2) is 0 Å². The first-order valence-corrected chi connectivity index (χ1v) is 5.32. The van der Waals surface area contributed by atoms with Crippen LogP contribution in [0.25, 0.3) is 11.3 Å². The summed E-state index contributed by atoms with van der Waals surface area (Å²) in [4.78, 5) is 18.9. The maximum absolute atomic E-state index is 11.2. The molecule has 0 radical (unpaired) electrons. The molecule has 0 spiro atoms. The minimum atomic E-state index is -1.06. The van der Waals surface area contributed by atoms with Crippen molar-refractivity contribution in [2.45, 2.75) is 6.92 Å². The average Bonchev–Trinajstić information content (AvgIpc) is 2.38. The summed E-state index contributed by atoms with van der Waals surface area (Å²) in [6.07, 6.45) is 2.61. The maximum atomic E-state index is 11.2. The molecular formula is C13H12N2O3. The van der Waals surface area contributed by atoms with Crippen LogP contribution in [0.3, 0.4) is 0 Å². The Bertz CT molecular complexity index is 597. The second kappa shape index (κ2) is 4.83. The van der Waals surface area contributed by atoms with Crippen molar-refractivity contribution in [2.75, 3.05) is 7.11 Å². The molecular weight excluding hydrogens is 232 g/mol. The van der Waals surface area contributed by atoms with Gasteiger partial charge >= 0.3 is 5.97 Å². The molecule has 0 saturated heterocycles. The third kappa shape index (κ3) is 2.15. The predicted octanol–water partition coefficient (Wildman–Crippen LogP) is 2.16. The highest BCUT2D eigenvalue weighted by Crippen LogP contribution is 2.31. The third-order valence-corrected chi connectivity index (χ3v) is 2.55. The lowest BCUT2D eigenvalue weighted by atomic mass is 10.0. The molecule has 5 nitrogen and oxygen atoms in total. The molecule has 0 atom stereocenters. The maximum Gasteiger partial charge on any atom is 0.339 e. The van der Waals surface area contributed by atoms with E-state index in [1.807, 2.05) is 19.1 Å². The summed E-state index contributed by atoms with van der Waals surface area (Å²) in [7, 11) is 1.54. The van der Waals surface area contributed by atoms with E-state index >= 15 is 0 Å². The van der Waals surface area contributed by atoms with Gasteiger partial charge in [0.1, 0.15) is 17.6 Å². The molecule has 2 rings (SSSR count). The minimum Gasteiger partial charge on any atom is -0.496 e. The zero-order chi connectivity index (χ0) is 13.1. The lowest BCUT2D eigenvalue weighted by Gasteiger charge is -2.10. The molecule has 0 fully saturated rings. The Morgan fingerprint density at radius 2 is 2.17 bits per heavy atom. The molecule has 1 aromatic heterocycles. The van der Waals surface area contributed by atoms with Crippen molar-refractivity contribution in [2.24, 2.45) is 0 Å². The van der Waals surface area contributed by atoms with E-state index in [0.717, 1.165) is 5.56 Å². The van der Waals surface area contributed by atoms with Gasteiger partial charge < -0.3 is 9.84 Å². The molecule has 5 heteroatoms. The number of rotatable bonds is 3. The number of nitrogens with zero attached hydrogens (tertiary/aromatic N) is 2. The Hall–Kier alpha value is -2.43. The molecule has 1 heterocycles. The SMILES string of the molecule is COc1ccc(C)cc1-c1ncncc1C(=O)O. The predicted molar refractivity (Wildman–Crippen MR) is 65.7 cm³/mol. The number of methoxy groups -OCH3 is 1. The smallest absolute Gasteiger partial charge is 0.339 e. The zero-order valence-corrected chi connectivity index (χ0v) is 10.0. The first kappa shape index (κ1) is 12.0. The van der Waals surface area contributed by atoms with Gasteiger partial charge in [-0.3, -0.25) is 0 Å². The monoisotopic (exact) mass is 244 g/mol. The first-order chi connectivity index (χ1) is 8.63. The van der Waals surface area contributed by atoms with E-state index in [2.05, 4.69) is 9.97 Å². The normalized spacial score (nSPS) is 10.1. The summed E-state index contributed by atoms with van der Waals surface area (Å²) in [6, 6.07) is 5.52. The van der Waals surface area contributed by atoms with Gasteiger partial charge in [0, 0.05) is 11.8 Å². The van der Waals surface area contributed by atoms with Crippen LogP contribution in [0.15, 0.2) is 30.7 Å². The highest BCUT2D eigenvalue weighted by Gasteiger charge is 2.16. The topological polar surface area (TPSA) is 72.3 Å². The van der Waals surface area contributed by atoms with Crippen molar-refractivity contribution >= 4 is 5.97 Å². The van der Waals surface area contributed by atoms with Crippen LogP contribution < -0.4 is 4.74 Å². The van der Waals surface area contributed by atoms with E-state index in [1.54, 1.807) is 6.07 Å². The summed E-state index contributed by atoms with van der Waals surface area (Å²) in [5.74, 6) is -0.476. The van der Waals surface area contributed by atoms with Crippen LogP contribution in [0, 0.1) is 6.92 Å². The Morgan fingerprint density at radius 1 is 1.39 bits per heavy atom. The van der Waals surface area contributed by atoms with E-state index in [1.165, 1.54) is 19.6 Å². The van der Waals surface area contributed by atoms with Crippen LogP contribution in [0.5, 0.6) is 5.75 Å². The molecule has 92 valence electrons. The van der Waals surface area contributed by atoms with Gasteiger partial charge in [0.05, 0.1) is 12.8 Å². The van der Waals surface area contributed by atoms with Crippen LogP contribution in [0.1, 0.15) is 15.9 Å². The standard InChI is InChI=1S/C13H12N2O3/c1-8-3-4-11(18-2)9(5-8)12-10(13(16)17)6-14-7-15-12/h3-7H,1-2H3,(H,16,17). The van der Waals surface area contributed by atoms with E-state index in [0.29, 0.717) is 17.0 Å². The summed E-state index contributed by atoms with van der Waals surface area (Å²) in [5.41, 5.74) is 2.07. The number of hydrogen-bond donors (Lipinski definition) is 1. The van der Waals surface area contributed by atoms with Gasteiger partial charge in [-0.05, 0) is 19.1 Å². The molecule has 0 aliphatic carbocycles. The number of hydrogen-bond acceptors (Lipinski definition) is 4. The van der Waals surface area contributed by atoms with Crippen LogP contribution in [0.2, 0.25) is 0 Å². The van der Waals surface area contributed by atoms with Crippen molar-refractivity contribution in [1.82, 2.24) is 9.97 Å². The molecule has 0 saturated carbocycles. The van der Waals surface area contributed by atoms with Crippen LogP contribution in [-0.4, -0.2) is 28.2 Å². The van der Waals surface area contributed by atoms with Crippen molar-refractivity contribution < 1.29 is 14.6 Å². The fourth-order valence-electron chi connectivity index (χ4n) is 1.71. The second-order valence-corrected chi connectivity index (χ2v) is 3.79. The van der Waals surface area contributed by atoms with Gasteiger partial charge in [-0.1, -0.05) is 11.6 Å². The van der Waals surface area contributed by atoms with E-state index in [-0.39, 0.29) is 5.56 Å². The van der Waals surface area contributed by atoms with E-state index < -0.39 is 5.97 Å². The fraction of sp³-hybridized carbons (Fsp3) is 0.154. The van der Waals surface area contributed by atoms with Crippen LogP contribution >= 0.6 is 0 Å². The van der Waals surface area contributed by atoms with Gasteiger partial charge in [-0.15, -0.1) is 0 Å². The van der Waals surface area contributed by atoms with Crippen molar-refractivity contribution in [3.05, 3.63) is 41.9 Å². The molecule has 0 aliphatic heterocycles. The molecule has 0 unspecified atom stereocenters. The largest absolute Gasteiger partial charge is 0.496 e. The lowest BCUT2D eigenvalue weighted by molar-refractivity contribution is 0.0697. The van der Waals surface area contributed by atoms with E-state index in [9.17, 15) is 4.79 Å². The number of aromatic carboxylic acids is 1. The Morgan fingerprint density at radius 3 is 2.83 bits per heavy atom. The highest BCUT2D eigenvalue weighted by atomic mass is 16.5. The molecule has 2 aromatic rings. The van der Waals surface area contributed by atoms with Gasteiger partial charge in [-0.25, -0.2) is 14.8 Å². The molecule has 1 aromatic carbocycles. The second-order valence-electron chi connectivity index (χ2n) is 3.79. The Balaban J connectivity index is 2.68. The van der Waals surface area contributed by atoms with Crippen molar-refractivity contribution in [1.29, 1.82) is 0 Å². The molecule has 18 heavy (non-hydrogen) atoms. The summed E-state index contributed by atoms with van der Waals surface area (Å²) < 4.78 is 5.24. The molecule has 0 bridgehead atoms. The average molecular weight is 244 g/mol. The zero-order valence-electron chi connectivity index (χ0n) is 10.0. The number of aryl methyl sites for hydroxylation is 1. The van der Waals surface area contributed by atoms with Crippen LogP contribution in [-0.2, 0) is 0 Å². The Kier molecular flexibility index (Phi) is 3.23. The molecule has 1 N–H and O–H groups in total. The summed E-state index contributed by atoms with van der Waals surface area (Å²) in [5, 5.41) is 9.14. The quantitative estimate of drug-likeness (QED) is 0.895. The number of carbonyl (C=O) groups is 1. The van der Waals surface area contributed by atoms with Gasteiger partial charge in [0.2, 0.25) is 0 Å². The fourth-order valence-corrected chi connectivity index (χ4v) is 1.71. The number of carboxylic acid groups (broad SMARTS) is 1. The summed E-state index contributed by atoms with van der Waals surface area (Å²) >= 11 is 0. The lowest BCUT2D eigenvalue weighted by Crippen LogP contribution is -2.03. The molecule has 0 amide bonds.